The Balaban J connectivity index is 2.20. The highest BCUT2D eigenvalue weighted by Gasteiger charge is 2.16. The average Bonchev–Trinajstić information content (AvgIpc) is 2.69. The standard InChI is InChI=1S/C16H21NO2/c1-5-11-6-7-13-12(10-19-14(13)8-11)9-15(18)17-16(2,3)4/h6-8,10H,5,9H2,1-4H3,(H,17,18). The second-order valence-electron chi connectivity index (χ2n) is 5.92. The summed E-state index contributed by atoms with van der Waals surface area (Å²) in [6.45, 7) is 8.05. The second kappa shape index (κ2) is 5.08. The molecule has 1 amide bonds. The first-order valence-electron chi connectivity index (χ1n) is 6.69. The zero-order valence-electron chi connectivity index (χ0n) is 12.0. The van der Waals surface area contributed by atoms with Crippen LogP contribution in [0.15, 0.2) is 28.9 Å². The first-order chi connectivity index (χ1) is 8.89. The molecule has 0 aliphatic carbocycles. The van der Waals surface area contributed by atoms with Crippen molar-refractivity contribution in [1.82, 2.24) is 5.32 Å². The molecule has 0 spiro atoms. The van der Waals surface area contributed by atoms with Gasteiger partial charge in [-0.25, -0.2) is 0 Å². The number of hydrogen-bond donors (Lipinski definition) is 1. The van der Waals surface area contributed by atoms with Crippen molar-refractivity contribution in [3.63, 3.8) is 0 Å². The van der Waals surface area contributed by atoms with Crippen LogP contribution in [0, 0.1) is 0 Å². The number of fused-ring (bicyclic) bond motifs is 1. The van der Waals surface area contributed by atoms with Gasteiger partial charge in [0.15, 0.2) is 0 Å². The van der Waals surface area contributed by atoms with Crippen LogP contribution in [-0.2, 0) is 17.6 Å². The predicted molar refractivity (Wildman–Crippen MR) is 77.2 cm³/mol. The molecular formula is C16H21NO2. The Morgan fingerprint density at radius 2 is 2.05 bits per heavy atom. The molecule has 1 N–H and O–H groups in total. The molecule has 0 bridgehead atoms. The molecule has 0 aliphatic rings. The molecule has 102 valence electrons. The maximum Gasteiger partial charge on any atom is 0.224 e. The van der Waals surface area contributed by atoms with Crippen LogP contribution < -0.4 is 5.32 Å². The van der Waals surface area contributed by atoms with Gasteiger partial charge in [-0.05, 0) is 38.8 Å². The summed E-state index contributed by atoms with van der Waals surface area (Å²) in [5, 5.41) is 3.99. The lowest BCUT2D eigenvalue weighted by molar-refractivity contribution is -0.121. The highest BCUT2D eigenvalue weighted by Crippen LogP contribution is 2.23. The first-order valence-corrected chi connectivity index (χ1v) is 6.69. The zero-order valence-corrected chi connectivity index (χ0v) is 12.0. The zero-order chi connectivity index (χ0) is 14.0. The SMILES string of the molecule is CCc1ccc2c(CC(=O)NC(C)(C)C)coc2c1. The van der Waals surface area contributed by atoms with E-state index in [1.165, 1.54) is 5.56 Å². The quantitative estimate of drug-likeness (QED) is 0.917. The Morgan fingerprint density at radius 3 is 2.68 bits per heavy atom. The lowest BCUT2D eigenvalue weighted by Crippen LogP contribution is -2.41. The van der Waals surface area contributed by atoms with Gasteiger partial charge in [0.2, 0.25) is 5.91 Å². The van der Waals surface area contributed by atoms with Gasteiger partial charge in [-0.3, -0.25) is 4.79 Å². The lowest BCUT2D eigenvalue weighted by atomic mass is 10.1. The van der Waals surface area contributed by atoms with Gasteiger partial charge in [0, 0.05) is 16.5 Å². The van der Waals surface area contributed by atoms with E-state index in [9.17, 15) is 4.79 Å². The molecular weight excluding hydrogens is 238 g/mol. The molecule has 1 heterocycles. The van der Waals surface area contributed by atoms with Crippen molar-refractivity contribution < 1.29 is 9.21 Å². The number of furan rings is 1. The van der Waals surface area contributed by atoms with Crippen LogP contribution in [0.1, 0.15) is 38.8 Å². The Bertz CT molecular complexity index is 590. The maximum absolute atomic E-state index is 11.9. The van der Waals surface area contributed by atoms with E-state index in [0.717, 1.165) is 23.0 Å². The minimum Gasteiger partial charge on any atom is -0.464 e. The van der Waals surface area contributed by atoms with E-state index in [-0.39, 0.29) is 11.4 Å². The molecule has 0 saturated carbocycles. The molecule has 19 heavy (non-hydrogen) atoms. The molecule has 2 rings (SSSR count). The van der Waals surface area contributed by atoms with Crippen LogP contribution >= 0.6 is 0 Å². The third kappa shape index (κ3) is 3.37. The molecule has 0 atom stereocenters. The molecule has 0 radical (unpaired) electrons. The van der Waals surface area contributed by atoms with E-state index in [0.29, 0.717) is 6.42 Å². The molecule has 0 saturated heterocycles. The Kier molecular flexibility index (Phi) is 3.65. The Morgan fingerprint density at radius 1 is 1.32 bits per heavy atom. The van der Waals surface area contributed by atoms with Gasteiger partial charge >= 0.3 is 0 Å². The number of aryl methyl sites for hydroxylation is 1. The summed E-state index contributed by atoms with van der Waals surface area (Å²) in [5.74, 6) is 0.0229. The number of rotatable bonds is 3. The van der Waals surface area contributed by atoms with Crippen LogP contribution in [0.3, 0.4) is 0 Å². The number of benzene rings is 1. The lowest BCUT2D eigenvalue weighted by Gasteiger charge is -2.20. The van der Waals surface area contributed by atoms with Gasteiger partial charge < -0.3 is 9.73 Å². The normalized spacial score (nSPS) is 11.8. The number of amides is 1. The summed E-state index contributed by atoms with van der Waals surface area (Å²) in [6, 6.07) is 6.17. The predicted octanol–water partition coefficient (Wildman–Crippen LogP) is 3.45. The fourth-order valence-corrected chi connectivity index (χ4v) is 2.12. The topological polar surface area (TPSA) is 42.2 Å². The van der Waals surface area contributed by atoms with Gasteiger partial charge in [0.05, 0.1) is 12.7 Å². The summed E-state index contributed by atoms with van der Waals surface area (Å²) in [4.78, 5) is 11.9. The minimum absolute atomic E-state index is 0.0229. The molecule has 0 fully saturated rings. The monoisotopic (exact) mass is 259 g/mol. The van der Waals surface area contributed by atoms with E-state index < -0.39 is 0 Å². The van der Waals surface area contributed by atoms with Crippen molar-refractivity contribution in [1.29, 1.82) is 0 Å². The van der Waals surface area contributed by atoms with E-state index in [1.807, 2.05) is 32.9 Å². The minimum atomic E-state index is -0.202. The summed E-state index contributed by atoms with van der Waals surface area (Å²) < 4.78 is 5.54. The Hall–Kier alpha value is -1.77. The summed E-state index contributed by atoms with van der Waals surface area (Å²) in [6.07, 6.45) is 3.03. The van der Waals surface area contributed by atoms with Crippen LogP contribution in [-0.4, -0.2) is 11.4 Å². The van der Waals surface area contributed by atoms with Crippen LogP contribution in [0.2, 0.25) is 0 Å². The van der Waals surface area contributed by atoms with Crippen molar-refractivity contribution in [2.24, 2.45) is 0 Å². The van der Waals surface area contributed by atoms with Gasteiger partial charge in [0.25, 0.3) is 0 Å². The summed E-state index contributed by atoms with van der Waals surface area (Å²) >= 11 is 0. The number of carbonyl (C=O) groups excluding carboxylic acids is 1. The van der Waals surface area contributed by atoms with Crippen LogP contribution in [0.4, 0.5) is 0 Å². The van der Waals surface area contributed by atoms with Gasteiger partial charge in [-0.1, -0.05) is 19.1 Å². The molecule has 3 heteroatoms. The molecule has 0 aliphatic heterocycles. The van der Waals surface area contributed by atoms with E-state index in [4.69, 9.17) is 4.42 Å². The third-order valence-electron chi connectivity index (χ3n) is 2.99. The highest BCUT2D eigenvalue weighted by atomic mass is 16.3. The maximum atomic E-state index is 11.9. The van der Waals surface area contributed by atoms with Gasteiger partial charge in [-0.2, -0.15) is 0 Å². The van der Waals surface area contributed by atoms with Crippen molar-refractivity contribution in [2.45, 2.75) is 46.1 Å². The molecule has 0 unspecified atom stereocenters. The van der Waals surface area contributed by atoms with Crippen molar-refractivity contribution in [3.8, 4) is 0 Å². The van der Waals surface area contributed by atoms with Gasteiger partial charge in [-0.15, -0.1) is 0 Å². The summed E-state index contributed by atoms with van der Waals surface area (Å²) in [7, 11) is 0. The Labute approximate surface area is 114 Å². The van der Waals surface area contributed by atoms with Gasteiger partial charge in [0.1, 0.15) is 5.58 Å². The van der Waals surface area contributed by atoms with Crippen LogP contribution in [0.5, 0.6) is 0 Å². The molecule has 2 aromatic rings. The average molecular weight is 259 g/mol. The fourth-order valence-electron chi connectivity index (χ4n) is 2.12. The van der Waals surface area contributed by atoms with E-state index in [1.54, 1.807) is 6.26 Å². The molecule has 3 nitrogen and oxygen atoms in total. The largest absolute Gasteiger partial charge is 0.464 e. The summed E-state index contributed by atoms with van der Waals surface area (Å²) in [5.41, 5.74) is 2.84. The fraction of sp³-hybridized carbons (Fsp3) is 0.438. The van der Waals surface area contributed by atoms with Crippen molar-refractivity contribution in [3.05, 3.63) is 35.6 Å². The van der Waals surface area contributed by atoms with E-state index >= 15 is 0 Å². The first kappa shape index (κ1) is 13.7. The van der Waals surface area contributed by atoms with E-state index in [2.05, 4.69) is 18.3 Å². The van der Waals surface area contributed by atoms with Crippen molar-refractivity contribution in [2.75, 3.05) is 0 Å². The highest BCUT2D eigenvalue weighted by molar-refractivity contribution is 5.88. The third-order valence-corrected chi connectivity index (χ3v) is 2.99. The van der Waals surface area contributed by atoms with Crippen molar-refractivity contribution >= 4 is 16.9 Å². The second-order valence-corrected chi connectivity index (χ2v) is 5.92. The number of carbonyl (C=O) groups is 1. The van der Waals surface area contributed by atoms with Crippen LogP contribution in [0.25, 0.3) is 11.0 Å². The molecule has 1 aromatic heterocycles. The molecule has 1 aromatic carbocycles. The number of hydrogen-bond acceptors (Lipinski definition) is 2. The smallest absolute Gasteiger partial charge is 0.224 e. The number of nitrogens with one attached hydrogen (secondary N) is 1.